The van der Waals surface area contributed by atoms with Crippen LogP contribution in [0.2, 0.25) is 0 Å². The molecule has 0 saturated heterocycles. The SMILES string of the molecule is COC(=O)CC=C(C(=O)OC)C(N)=C1CC1. The molecule has 0 unspecified atom stereocenters. The second kappa shape index (κ2) is 5.34. The minimum Gasteiger partial charge on any atom is -0.469 e. The van der Waals surface area contributed by atoms with Crippen LogP contribution >= 0.6 is 0 Å². The van der Waals surface area contributed by atoms with Gasteiger partial charge in [-0.3, -0.25) is 4.79 Å². The predicted molar refractivity (Wildman–Crippen MR) is 57.2 cm³/mol. The lowest BCUT2D eigenvalue weighted by Crippen LogP contribution is -2.13. The highest BCUT2D eigenvalue weighted by Gasteiger charge is 2.22. The van der Waals surface area contributed by atoms with Gasteiger partial charge in [-0.25, -0.2) is 4.79 Å². The number of hydrogen-bond donors (Lipinski definition) is 1. The maximum Gasteiger partial charge on any atom is 0.339 e. The molecule has 1 rings (SSSR count). The van der Waals surface area contributed by atoms with Crippen molar-refractivity contribution in [2.45, 2.75) is 19.3 Å². The Morgan fingerprint density at radius 1 is 1.31 bits per heavy atom. The number of esters is 2. The van der Waals surface area contributed by atoms with Crippen LogP contribution in [-0.2, 0) is 19.1 Å². The molecule has 0 aromatic carbocycles. The van der Waals surface area contributed by atoms with Crippen molar-refractivity contribution >= 4 is 11.9 Å². The second-order valence-electron chi connectivity index (χ2n) is 3.41. The van der Waals surface area contributed by atoms with Crippen LogP contribution in [0.1, 0.15) is 19.3 Å². The number of methoxy groups -OCH3 is 2. The minimum absolute atomic E-state index is 0.00884. The standard InChI is InChI=1S/C11H15NO4/c1-15-9(13)6-5-8(11(14)16-2)10(12)7-3-4-7/h5H,3-4,6,12H2,1-2H3. The van der Waals surface area contributed by atoms with Crippen molar-refractivity contribution in [2.24, 2.45) is 5.73 Å². The molecule has 1 aliphatic rings. The van der Waals surface area contributed by atoms with E-state index in [-0.39, 0.29) is 12.0 Å². The number of rotatable bonds is 4. The maximum atomic E-state index is 11.4. The van der Waals surface area contributed by atoms with Crippen molar-refractivity contribution in [1.29, 1.82) is 0 Å². The molecule has 1 fully saturated rings. The molecule has 1 saturated carbocycles. The average Bonchev–Trinajstić information content (AvgIpc) is 3.11. The molecule has 0 amide bonds. The Bertz CT molecular complexity index is 362. The first-order chi connectivity index (χ1) is 7.60. The van der Waals surface area contributed by atoms with Gasteiger partial charge in [0.25, 0.3) is 0 Å². The van der Waals surface area contributed by atoms with Crippen LogP contribution in [0.25, 0.3) is 0 Å². The zero-order valence-electron chi connectivity index (χ0n) is 9.41. The molecular formula is C11H15NO4. The van der Waals surface area contributed by atoms with Crippen LogP contribution in [0.3, 0.4) is 0 Å². The molecule has 1 aliphatic carbocycles. The van der Waals surface area contributed by atoms with Crippen LogP contribution in [0.5, 0.6) is 0 Å². The summed E-state index contributed by atoms with van der Waals surface area (Å²) in [5.74, 6) is -0.948. The van der Waals surface area contributed by atoms with Crippen LogP contribution < -0.4 is 5.73 Å². The third-order valence-corrected chi connectivity index (χ3v) is 2.28. The summed E-state index contributed by atoms with van der Waals surface area (Å²) in [4.78, 5) is 22.4. The largest absolute Gasteiger partial charge is 0.469 e. The average molecular weight is 225 g/mol. The maximum absolute atomic E-state index is 11.4. The zero-order valence-corrected chi connectivity index (χ0v) is 9.41. The highest BCUT2D eigenvalue weighted by atomic mass is 16.5. The van der Waals surface area contributed by atoms with Crippen LogP contribution in [-0.4, -0.2) is 26.2 Å². The second-order valence-corrected chi connectivity index (χ2v) is 3.41. The Hall–Kier alpha value is -1.78. The first-order valence-electron chi connectivity index (χ1n) is 4.93. The quantitative estimate of drug-likeness (QED) is 0.561. The summed E-state index contributed by atoms with van der Waals surface area (Å²) >= 11 is 0. The van der Waals surface area contributed by atoms with Gasteiger partial charge in [-0.2, -0.15) is 0 Å². The van der Waals surface area contributed by atoms with E-state index in [1.165, 1.54) is 20.3 Å². The molecule has 0 spiro atoms. The number of allylic oxidation sites excluding steroid dienone is 1. The molecule has 5 nitrogen and oxygen atoms in total. The first-order valence-corrected chi connectivity index (χ1v) is 4.93. The summed E-state index contributed by atoms with van der Waals surface area (Å²) in [6.07, 6.45) is 3.25. The smallest absolute Gasteiger partial charge is 0.339 e. The van der Waals surface area contributed by atoms with E-state index in [4.69, 9.17) is 5.73 Å². The van der Waals surface area contributed by atoms with Gasteiger partial charge in [0.05, 0.1) is 26.2 Å². The lowest BCUT2D eigenvalue weighted by atomic mass is 10.1. The van der Waals surface area contributed by atoms with E-state index in [0.717, 1.165) is 18.4 Å². The van der Waals surface area contributed by atoms with E-state index < -0.39 is 11.9 Å². The molecule has 16 heavy (non-hydrogen) atoms. The number of carbonyl (C=O) groups excluding carboxylic acids is 2. The van der Waals surface area contributed by atoms with E-state index in [1.54, 1.807) is 0 Å². The Balaban J connectivity index is 2.83. The molecule has 0 aliphatic heterocycles. The van der Waals surface area contributed by atoms with Crippen molar-refractivity contribution in [1.82, 2.24) is 0 Å². The van der Waals surface area contributed by atoms with Gasteiger partial charge in [0, 0.05) is 5.70 Å². The first kappa shape index (κ1) is 12.3. The highest BCUT2D eigenvalue weighted by molar-refractivity contribution is 5.94. The highest BCUT2D eigenvalue weighted by Crippen LogP contribution is 2.32. The monoisotopic (exact) mass is 225 g/mol. The van der Waals surface area contributed by atoms with Crippen molar-refractivity contribution in [3.8, 4) is 0 Å². The van der Waals surface area contributed by atoms with Gasteiger partial charge in [0.15, 0.2) is 0 Å². The van der Waals surface area contributed by atoms with Crippen LogP contribution in [0.4, 0.5) is 0 Å². The van der Waals surface area contributed by atoms with Crippen molar-refractivity contribution in [2.75, 3.05) is 14.2 Å². The Morgan fingerprint density at radius 2 is 1.94 bits per heavy atom. The van der Waals surface area contributed by atoms with E-state index >= 15 is 0 Å². The topological polar surface area (TPSA) is 78.6 Å². The van der Waals surface area contributed by atoms with Gasteiger partial charge in [-0.05, 0) is 18.4 Å². The Morgan fingerprint density at radius 3 is 2.38 bits per heavy atom. The molecule has 0 heterocycles. The van der Waals surface area contributed by atoms with Crippen molar-refractivity contribution in [3.63, 3.8) is 0 Å². The summed E-state index contributed by atoms with van der Waals surface area (Å²) in [7, 11) is 2.57. The van der Waals surface area contributed by atoms with E-state index in [0.29, 0.717) is 5.70 Å². The van der Waals surface area contributed by atoms with Crippen LogP contribution in [0.15, 0.2) is 22.9 Å². The third-order valence-electron chi connectivity index (χ3n) is 2.28. The predicted octanol–water partition coefficient (Wildman–Crippen LogP) is 0.655. The van der Waals surface area contributed by atoms with Gasteiger partial charge in [-0.1, -0.05) is 6.08 Å². The van der Waals surface area contributed by atoms with Crippen molar-refractivity contribution < 1.29 is 19.1 Å². The van der Waals surface area contributed by atoms with Gasteiger partial charge in [-0.15, -0.1) is 0 Å². The zero-order chi connectivity index (χ0) is 12.1. The lowest BCUT2D eigenvalue weighted by Gasteiger charge is -2.05. The molecule has 88 valence electrons. The summed E-state index contributed by atoms with van der Waals surface area (Å²) in [5, 5.41) is 0. The molecule has 2 N–H and O–H groups in total. The fraction of sp³-hybridized carbons (Fsp3) is 0.455. The molecule has 0 bridgehead atoms. The molecule has 0 aromatic rings. The summed E-state index contributed by atoms with van der Waals surface area (Å²) in [6, 6.07) is 0. The fourth-order valence-electron chi connectivity index (χ4n) is 1.20. The lowest BCUT2D eigenvalue weighted by molar-refractivity contribution is -0.139. The summed E-state index contributed by atoms with van der Waals surface area (Å²) < 4.78 is 9.08. The number of carbonyl (C=O) groups is 2. The summed E-state index contributed by atoms with van der Waals surface area (Å²) in [6.45, 7) is 0. The van der Waals surface area contributed by atoms with Gasteiger partial charge in [0.1, 0.15) is 0 Å². The van der Waals surface area contributed by atoms with Gasteiger partial charge in [0.2, 0.25) is 0 Å². The third kappa shape index (κ3) is 3.12. The molecule has 5 heteroatoms. The molecule has 0 radical (unpaired) electrons. The minimum atomic E-state index is -0.527. The molecule has 0 aromatic heterocycles. The number of nitrogens with two attached hydrogens (primary N) is 1. The van der Waals surface area contributed by atoms with Gasteiger partial charge >= 0.3 is 11.9 Å². The van der Waals surface area contributed by atoms with E-state index in [9.17, 15) is 9.59 Å². The van der Waals surface area contributed by atoms with Crippen LogP contribution in [0, 0.1) is 0 Å². The van der Waals surface area contributed by atoms with E-state index in [1.807, 2.05) is 0 Å². The van der Waals surface area contributed by atoms with Gasteiger partial charge < -0.3 is 15.2 Å². The fourth-order valence-corrected chi connectivity index (χ4v) is 1.20. The molecule has 0 atom stereocenters. The number of hydrogen-bond acceptors (Lipinski definition) is 5. The molecular weight excluding hydrogens is 210 g/mol. The van der Waals surface area contributed by atoms with E-state index in [2.05, 4.69) is 9.47 Å². The Labute approximate surface area is 93.9 Å². The normalized spacial score (nSPS) is 14.4. The number of ether oxygens (including phenoxy) is 2. The Kier molecular flexibility index (Phi) is 4.10. The van der Waals surface area contributed by atoms with Crippen molar-refractivity contribution in [3.05, 3.63) is 22.9 Å². The summed E-state index contributed by atoms with van der Waals surface area (Å²) in [5.41, 5.74) is 7.49.